The third kappa shape index (κ3) is 5.31. The Bertz CT molecular complexity index is 846. The lowest BCUT2D eigenvalue weighted by atomic mass is 10.1. The molecule has 0 saturated heterocycles. The molecule has 2 rings (SSSR count). The van der Waals surface area contributed by atoms with Gasteiger partial charge < -0.3 is 9.64 Å². The van der Waals surface area contributed by atoms with E-state index in [0.29, 0.717) is 6.42 Å². The van der Waals surface area contributed by atoms with Gasteiger partial charge in [-0.2, -0.15) is 0 Å². The van der Waals surface area contributed by atoms with Gasteiger partial charge in [-0.3, -0.25) is 0 Å². The maximum absolute atomic E-state index is 12.4. The highest BCUT2D eigenvalue weighted by Gasteiger charge is 2.16. The predicted octanol–water partition coefficient (Wildman–Crippen LogP) is 2.45. The molecular formula is C19H24N2O4S. The van der Waals surface area contributed by atoms with Crippen molar-refractivity contribution < 1.29 is 17.9 Å². The number of anilines is 1. The minimum absolute atomic E-state index is 0.0472. The summed E-state index contributed by atoms with van der Waals surface area (Å²) in [5.41, 5.74) is 2.35. The van der Waals surface area contributed by atoms with Crippen molar-refractivity contribution in [3.63, 3.8) is 0 Å². The standard InChI is InChI=1S/C19H24N2O4S/c1-4-25-19(22)16-6-5-7-18(14-16)26(23,24)20-13-12-15-8-10-17(11-9-15)21(2)3/h5-11,14,20H,4,12-13H2,1-3H3. The number of esters is 1. The van der Waals surface area contributed by atoms with Crippen molar-refractivity contribution in [1.29, 1.82) is 0 Å². The lowest BCUT2D eigenvalue weighted by Crippen LogP contribution is -2.26. The van der Waals surface area contributed by atoms with E-state index in [4.69, 9.17) is 4.74 Å². The molecule has 0 aromatic heterocycles. The smallest absolute Gasteiger partial charge is 0.338 e. The first-order valence-electron chi connectivity index (χ1n) is 8.36. The van der Waals surface area contributed by atoms with E-state index in [-0.39, 0.29) is 23.6 Å². The first kappa shape index (κ1) is 19.9. The first-order chi connectivity index (χ1) is 12.3. The lowest BCUT2D eigenvalue weighted by Gasteiger charge is -2.13. The Hall–Kier alpha value is -2.38. The quantitative estimate of drug-likeness (QED) is 0.716. The minimum Gasteiger partial charge on any atom is -0.462 e. The van der Waals surface area contributed by atoms with Gasteiger partial charge in [-0.25, -0.2) is 17.9 Å². The summed E-state index contributed by atoms with van der Waals surface area (Å²) < 4.78 is 32.3. The van der Waals surface area contributed by atoms with Gasteiger partial charge in [0.05, 0.1) is 17.1 Å². The zero-order valence-electron chi connectivity index (χ0n) is 15.2. The molecule has 0 unspecified atom stereocenters. The molecule has 2 aromatic rings. The van der Waals surface area contributed by atoms with Crippen molar-refractivity contribution in [2.45, 2.75) is 18.2 Å². The number of rotatable bonds is 8. The Morgan fingerprint density at radius 1 is 1.12 bits per heavy atom. The van der Waals surface area contributed by atoms with Crippen LogP contribution in [0.5, 0.6) is 0 Å². The Labute approximate surface area is 154 Å². The van der Waals surface area contributed by atoms with Gasteiger partial charge >= 0.3 is 5.97 Å². The van der Waals surface area contributed by atoms with E-state index in [1.165, 1.54) is 24.3 Å². The van der Waals surface area contributed by atoms with Gasteiger partial charge in [0.15, 0.2) is 0 Å². The number of hydrogen-bond acceptors (Lipinski definition) is 5. The number of ether oxygens (including phenoxy) is 1. The minimum atomic E-state index is -3.69. The van der Waals surface area contributed by atoms with Crippen LogP contribution in [0.25, 0.3) is 0 Å². The van der Waals surface area contributed by atoms with Crippen molar-refractivity contribution in [2.24, 2.45) is 0 Å². The maximum Gasteiger partial charge on any atom is 0.338 e. The van der Waals surface area contributed by atoms with Gasteiger partial charge in [0.1, 0.15) is 0 Å². The number of sulfonamides is 1. The molecule has 26 heavy (non-hydrogen) atoms. The van der Waals surface area contributed by atoms with Crippen LogP contribution in [0, 0.1) is 0 Å². The van der Waals surface area contributed by atoms with E-state index in [2.05, 4.69) is 4.72 Å². The van der Waals surface area contributed by atoms with Crippen LogP contribution in [-0.4, -0.2) is 41.6 Å². The Kier molecular flexibility index (Phi) is 6.76. The van der Waals surface area contributed by atoms with Gasteiger partial charge in [0, 0.05) is 26.3 Å². The van der Waals surface area contributed by atoms with Gasteiger partial charge in [-0.15, -0.1) is 0 Å². The summed E-state index contributed by atoms with van der Waals surface area (Å²) in [4.78, 5) is 13.8. The fourth-order valence-electron chi connectivity index (χ4n) is 2.38. The molecule has 0 aliphatic heterocycles. The Morgan fingerprint density at radius 2 is 1.81 bits per heavy atom. The fraction of sp³-hybridized carbons (Fsp3) is 0.316. The molecule has 0 aliphatic carbocycles. The molecule has 0 spiro atoms. The molecule has 0 amide bonds. The maximum atomic E-state index is 12.4. The van der Waals surface area contributed by atoms with Gasteiger partial charge in [0.25, 0.3) is 0 Å². The SMILES string of the molecule is CCOC(=O)c1cccc(S(=O)(=O)NCCc2ccc(N(C)C)cc2)c1. The van der Waals surface area contributed by atoms with Crippen molar-refractivity contribution >= 4 is 21.7 Å². The number of carbonyl (C=O) groups is 1. The summed E-state index contributed by atoms with van der Waals surface area (Å²) in [6.45, 7) is 2.21. The van der Waals surface area contributed by atoms with E-state index in [0.717, 1.165) is 11.3 Å². The topological polar surface area (TPSA) is 75.7 Å². The second kappa shape index (κ2) is 8.82. The number of nitrogens with one attached hydrogen (secondary N) is 1. The molecule has 1 N–H and O–H groups in total. The molecule has 0 radical (unpaired) electrons. The average molecular weight is 376 g/mol. The number of nitrogens with zero attached hydrogens (tertiary/aromatic N) is 1. The molecule has 7 heteroatoms. The molecule has 0 heterocycles. The zero-order chi connectivity index (χ0) is 19.2. The predicted molar refractivity (Wildman–Crippen MR) is 102 cm³/mol. The lowest BCUT2D eigenvalue weighted by molar-refractivity contribution is 0.0526. The monoisotopic (exact) mass is 376 g/mol. The largest absolute Gasteiger partial charge is 0.462 e. The molecule has 140 valence electrons. The highest BCUT2D eigenvalue weighted by molar-refractivity contribution is 7.89. The van der Waals surface area contributed by atoms with Crippen LogP contribution in [0.1, 0.15) is 22.8 Å². The van der Waals surface area contributed by atoms with Gasteiger partial charge in [-0.1, -0.05) is 18.2 Å². The second-order valence-corrected chi connectivity index (χ2v) is 7.72. The molecule has 0 atom stereocenters. The van der Waals surface area contributed by atoms with E-state index in [1.54, 1.807) is 6.92 Å². The van der Waals surface area contributed by atoms with Crippen molar-refractivity contribution in [3.05, 3.63) is 59.7 Å². The van der Waals surface area contributed by atoms with Crippen LogP contribution in [-0.2, 0) is 21.2 Å². The highest BCUT2D eigenvalue weighted by atomic mass is 32.2. The second-order valence-electron chi connectivity index (χ2n) is 5.96. The van der Waals surface area contributed by atoms with Crippen LogP contribution < -0.4 is 9.62 Å². The van der Waals surface area contributed by atoms with Crippen molar-refractivity contribution in [2.75, 3.05) is 32.1 Å². The van der Waals surface area contributed by atoms with E-state index < -0.39 is 16.0 Å². The summed E-state index contributed by atoms with van der Waals surface area (Å²) in [7, 11) is 0.243. The summed E-state index contributed by atoms with van der Waals surface area (Å²) in [5, 5.41) is 0. The van der Waals surface area contributed by atoms with E-state index >= 15 is 0 Å². The van der Waals surface area contributed by atoms with Crippen LogP contribution in [0.15, 0.2) is 53.4 Å². The Balaban J connectivity index is 2.00. The van der Waals surface area contributed by atoms with Crippen molar-refractivity contribution in [1.82, 2.24) is 4.72 Å². The van der Waals surface area contributed by atoms with Crippen LogP contribution >= 0.6 is 0 Å². The highest BCUT2D eigenvalue weighted by Crippen LogP contribution is 2.14. The van der Waals surface area contributed by atoms with Gasteiger partial charge in [0.2, 0.25) is 10.0 Å². The summed E-state index contributed by atoms with van der Waals surface area (Å²) in [6.07, 6.45) is 0.574. The number of carbonyl (C=O) groups excluding carboxylic acids is 1. The van der Waals surface area contributed by atoms with Crippen molar-refractivity contribution in [3.8, 4) is 0 Å². The summed E-state index contributed by atoms with van der Waals surface area (Å²) in [6, 6.07) is 13.8. The van der Waals surface area contributed by atoms with E-state index in [1.807, 2.05) is 43.3 Å². The summed E-state index contributed by atoms with van der Waals surface area (Å²) in [5.74, 6) is -0.537. The van der Waals surface area contributed by atoms with Crippen LogP contribution in [0.4, 0.5) is 5.69 Å². The van der Waals surface area contributed by atoms with Gasteiger partial charge in [-0.05, 0) is 49.2 Å². The number of benzene rings is 2. The normalized spacial score (nSPS) is 11.2. The van der Waals surface area contributed by atoms with Crippen LogP contribution in [0.3, 0.4) is 0 Å². The molecule has 0 fully saturated rings. The summed E-state index contributed by atoms with van der Waals surface area (Å²) >= 11 is 0. The number of hydrogen-bond donors (Lipinski definition) is 1. The third-order valence-electron chi connectivity index (χ3n) is 3.81. The molecule has 0 aliphatic rings. The van der Waals surface area contributed by atoms with E-state index in [9.17, 15) is 13.2 Å². The molecule has 0 saturated carbocycles. The average Bonchev–Trinajstić information content (AvgIpc) is 2.62. The molecule has 6 nitrogen and oxygen atoms in total. The fourth-order valence-corrected chi connectivity index (χ4v) is 3.46. The third-order valence-corrected chi connectivity index (χ3v) is 5.27. The molecule has 2 aromatic carbocycles. The Morgan fingerprint density at radius 3 is 2.42 bits per heavy atom. The zero-order valence-corrected chi connectivity index (χ0v) is 16.0. The molecule has 0 bridgehead atoms. The van der Waals surface area contributed by atoms with Crippen LogP contribution in [0.2, 0.25) is 0 Å². The molecular weight excluding hydrogens is 352 g/mol. The first-order valence-corrected chi connectivity index (χ1v) is 9.85.